The Balaban J connectivity index is 1.95. The van der Waals surface area contributed by atoms with Crippen molar-refractivity contribution in [3.63, 3.8) is 0 Å². The summed E-state index contributed by atoms with van der Waals surface area (Å²) in [5.74, 6) is 0. The van der Waals surface area contributed by atoms with Crippen LogP contribution in [0.5, 0.6) is 0 Å². The number of nitrogens with zero attached hydrogens (tertiary/aromatic N) is 2. The lowest BCUT2D eigenvalue weighted by atomic mass is 9.95. The van der Waals surface area contributed by atoms with Crippen molar-refractivity contribution >= 4 is 0 Å². The molecule has 0 saturated heterocycles. The van der Waals surface area contributed by atoms with E-state index in [1.165, 1.54) is 43.4 Å². The van der Waals surface area contributed by atoms with Gasteiger partial charge in [-0.05, 0) is 12.8 Å². The third-order valence-corrected chi connectivity index (χ3v) is 4.11. The van der Waals surface area contributed by atoms with E-state index < -0.39 is 0 Å². The highest BCUT2D eigenvalue weighted by Gasteiger charge is 2.25. The second-order valence-corrected chi connectivity index (χ2v) is 5.19. The maximum atomic E-state index is 9.40. The second-order valence-electron chi connectivity index (χ2n) is 5.19. The van der Waals surface area contributed by atoms with Crippen LogP contribution in [0.15, 0.2) is 0 Å². The molecule has 0 unspecified atom stereocenters. The Labute approximate surface area is 102 Å². The van der Waals surface area contributed by atoms with Crippen LogP contribution in [0.2, 0.25) is 0 Å². The molecule has 4 heteroatoms. The first-order chi connectivity index (χ1) is 8.40. The quantitative estimate of drug-likeness (QED) is 0.817. The largest absolute Gasteiger partial charge is 0.390 e. The van der Waals surface area contributed by atoms with Gasteiger partial charge >= 0.3 is 0 Å². The number of aliphatic hydroxyl groups is 1. The molecule has 0 bridgehead atoms. The highest BCUT2D eigenvalue weighted by molar-refractivity contribution is 5.28. The number of hydrogen-bond donors (Lipinski definition) is 2. The normalized spacial score (nSPS) is 21.5. The van der Waals surface area contributed by atoms with Crippen molar-refractivity contribution in [3.8, 4) is 0 Å². The number of rotatable bonds is 2. The van der Waals surface area contributed by atoms with Crippen LogP contribution in [0, 0.1) is 0 Å². The van der Waals surface area contributed by atoms with E-state index >= 15 is 0 Å². The van der Waals surface area contributed by atoms with Gasteiger partial charge in [0.15, 0.2) is 0 Å². The van der Waals surface area contributed by atoms with Crippen molar-refractivity contribution in [3.05, 3.63) is 17.0 Å². The summed E-state index contributed by atoms with van der Waals surface area (Å²) in [6.07, 6.45) is 7.59. The van der Waals surface area contributed by atoms with Crippen molar-refractivity contribution < 1.29 is 5.11 Å². The summed E-state index contributed by atoms with van der Waals surface area (Å²) in [5.41, 5.74) is 3.52. The van der Waals surface area contributed by atoms with Gasteiger partial charge in [0.05, 0.1) is 18.3 Å². The third-order valence-electron chi connectivity index (χ3n) is 4.11. The highest BCUT2D eigenvalue weighted by atomic mass is 16.3. The van der Waals surface area contributed by atoms with Gasteiger partial charge in [-0.2, -0.15) is 5.10 Å². The van der Waals surface area contributed by atoms with Crippen molar-refractivity contribution in [2.75, 3.05) is 6.54 Å². The van der Waals surface area contributed by atoms with E-state index in [0.717, 1.165) is 25.2 Å². The highest BCUT2D eigenvalue weighted by Crippen LogP contribution is 2.31. The number of fused-ring (bicyclic) bond motifs is 1. The SMILES string of the molecule is OCc1nn(C2CCCCC2)c2c1CNCC2. The minimum absolute atomic E-state index is 0.0731. The fourth-order valence-corrected chi connectivity index (χ4v) is 3.20. The van der Waals surface area contributed by atoms with E-state index in [0.29, 0.717) is 6.04 Å². The number of aliphatic hydroxyl groups excluding tert-OH is 1. The molecule has 94 valence electrons. The first-order valence-electron chi connectivity index (χ1n) is 6.81. The summed E-state index contributed by atoms with van der Waals surface area (Å²) in [7, 11) is 0. The second kappa shape index (κ2) is 4.78. The molecule has 2 N–H and O–H groups in total. The summed E-state index contributed by atoms with van der Waals surface area (Å²) in [6, 6.07) is 0.580. The Morgan fingerprint density at radius 1 is 1.29 bits per heavy atom. The molecule has 1 aromatic heterocycles. The Hall–Kier alpha value is -0.870. The minimum atomic E-state index is 0.0731. The van der Waals surface area contributed by atoms with E-state index in [2.05, 4.69) is 15.1 Å². The van der Waals surface area contributed by atoms with Crippen LogP contribution in [0.1, 0.15) is 55.1 Å². The van der Waals surface area contributed by atoms with Gasteiger partial charge in [0.2, 0.25) is 0 Å². The third kappa shape index (κ3) is 2.00. The van der Waals surface area contributed by atoms with Gasteiger partial charge in [-0.1, -0.05) is 19.3 Å². The fourth-order valence-electron chi connectivity index (χ4n) is 3.20. The molecule has 4 nitrogen and oxygen atoms in total. The Bertz CT molecular complexity index is 394. The van der Waals surface area contributed by atoms with E-state index in [1.807, 2.05) is 0 Å². The lowest BCUT2D eigenvalue weighted by molar-refractivity contribution is 0.269. The van der Waals surface area contributed by atoms with Gasteiger partial charge in [0, 0.05) is 30.8 Å². The topological polar surface area (TPSA) is 50.1 Å². The standard InChI is InChI=1S/C13H21N3O/c17-9-12-11-8-14-7-6-13(11)16(15-12)10-4-2-1-3-5-10/h10,14,17H,1-9H2. The van der Waals surface area contributed by atoms with Gasteiger partial charge in [0.1, 0.15) is 0 Å². The Morgan fingerprint density at radius 2 is 2.12 bits per heavy atom. The molecule has 0 amide bonds. The van der Waals surface area contributed by atoms with Crippen molar-refractivity contribution in [1.29, 1.82) is 0 Å². The molecule has 1 aliphatic heterocycles. The van der Waals surface area contributed by atoms with Gasteiger partial charge in [-0.3, -0.25) is 4.68 Å². The molecule has 1 aromatic rings. The molecule has 1 saturated carbocycles. The average molecular weight is 235 g/mol. The van der Waals surface area contributed by atoms with Crippen molar-refractivity contribution in [2.45, 2.75) is 57.7 Å². The molecule has 0 radical (unpaired) electrons. The zero-order valence-corrected chi connectivity index (χ0v) is 10.3. The average Bonchev–Trinajstić information content (AvgIpc) is 2.78. The number of nitrogens with one attached hydrogen (secondary N) is 1. The molecular weight excluding hydrogens is 214 g/mol. The fraction of sp³-hybridized carbons (Fsp3) is 0.769. The van der Waals surface area contributed by atoms with Gasteiger partial charge in [0.25, 0.3) is 0 Å². The maximum Gasteiger partial charge on any atom is 0.0926 e. The molecule has 0 atom stereocenters. The van der Waals surface area contributed by atoms with Crippen LogP contribution in [0.3, 0.4) is 0 Å². The summed E-state index contributed by atoms with van der Waals surface area (Å²) < 4.78 is 2.24. The van der Waals surface area contributed by atoms with Crippen LogP contribution in [0.4, 0.5) is 0 Å². The van der Waals surface area contributed by atoms with Gasteiger partial charge < -0.3 is 10.4 Å². The number of hydrogen-bond acceptors (Lipinski definition) is 3. The maximum absolute atomic E-state index is 9.40. The summed E-state index contributed by atoms with van der Waals surface area (Å²) in [4.78, 5) is 0. The number of aromatic nitrogens is 2. The summed E-state index contributed by atoms with van der Waals surface area (Å²) in [5, 5.41) is 17.4. The van der Waals surface area contributed by atoms with Gasteiger partial charge in [-0.15, -0.1) is 0 Å². The van der Waals surface area contributed by atoms with E-state index in [9.17, 15) is 5.11 Å². The molecule has 3 rings (SSSR count). The van der Waals surface area contributed by atoms with Crippen molar-refractivity contribution in [2.24, 2.45) is 0 Å². The monoisotopic (exact) mass is 235 g/mol. The Morgan fingerprint density at radius 3 is 2.88 bits per heavy atom. The first kappa shape index (κ1) is 11.2. The van der Waals surface area contributed by atoms with Crippen molar-refractivity contribution in [1.82, 2.24) is 15.1 Å². The van der Waals surface area contributed by atoms with Crippen LogP contribution in [-0.2, 0) is 19.6 Å². The van der Waals surface area contributed by atoms with E-state index in [-0.39, 0.29) is 6.61 Å². The molecule has 2 aliphatic rings. The molecule has 2 heterocycles. The first-order valence-corrected chi connectivity index (χ1v) is 6.81. The summed E-state index contributed by atoms with van der Waals surface area (Å²) >= 11 is 0. The van der Waals surface area contributed by atoms with Crippen LogP contribution in [0.25, 0.3) is 0 Å². The molecule has 1 aliphatic carbocycles. The van der Waals surface area contributed by atoms with Crippen LogP contribution >= 0.6 is 0 Å². The predicted molar refractivity (Wildman–Crippen MR) is 65.7 cm³/mol. The minimum Gasteiger partial charge on any atom is -0.390 e. The molecular formula is C13H21N3O. The smallest absolute Gasteiger partial charge is 0.0926 e. The lowest BCUT2D eigenvalue weighted by Crippen LogP contribution is -2.26. The van der Waals surface area contributed by atoms with Crippen LogP contribution < -0.4 is 5.32 Å². The zero-order valence-electron chi connectivity index (χ0n) is 10.3. The summed E-state index contributed by atoms with van der Waals surface area (Å²) in [6.45, 7) is 1.98. The molecule has 1 fully saturated rings. The van der Waals surface area contributed by atoms with Crippen LogP contribution in [-0.4, -0.2) is 21.4 Å². The zero-order chi connectivity index (χ0) is 11.7. The van der Waals surface area contributed by atoms with Gasteiger partial charge in [-0.25, -0.2) is 0 Å². The van der Waals surface area contributed by atoms with E-state index in [1.54, 1.807) is 0 Å². The van der Waals surface area contributed by atoms with E-state index in [4.69, 9.17) is 0 Å². The molecule has 17 heavy (non-hydrogen) atoms. The molecule has 0 aromatic carbocycles. The predicted octanol–water partition coefficient (Wildman–Crippen LogP) is 1.53. The molecule has 0 spiro atoms. The Kier molecular flexibility index (Phi) is 3.16. The lowest BCUT2D eigenvalue weighted by Gasteiger charge is -2.25.